The maximum atomic E-state index is 12.6. The number of Topliss-reactive ketones (excluding diaryl/α,β-unsaturated/α-hetero) is 1. The number of rotatable bonds is 10. The number of hydrogen-bond donors (Lipinski definition) is 4. The molecule has 0 aliphatic carbocycles. The highest BCUT2D eigenvalue weighted by atomic mass is 19.4. The Labute approximate surface area is 201 Å². The van der Waals surface area contributed by atoms with Crippen molar-refractivity contribution in [3.8, 4) is 11.1 Å². The summed E-state index contributed by atoms with van der Waals surface area (Å²) in [6.07, 6.45) is 1.16. The van der Waals surface area contributed by atoms with Gasteiger partial charge in [-0.25, -0.2) is 9.78 Å². The van der Waals surface area contributed by atoms with E-state index in [4.69, 9.17) is 0 Å². The van der Waals surface area contributed by atoms with E-state index in [9.17, 15) is 22.8 Å². The van der Waals surface area contributed by atoms with Crippen LogP contribution in [0, 0.1) is 5.92 Å². The number of fused-ring (bicyclic) bond motifs is 1. The second-order valence-electron chi connectivity index (χ2n) is 8.61. The van der Waals surface area contributed by atoms with E-state index in [1.54, 1.807) is 44.6 Å². The molecule has 4 N–H and O–H groups in total. The summed E-state index contributed by atoms with van der Waals surface area (Å²) in [6, 6.07) is 2.46. The lowest BCUT2D eigenvalue weighted by Crippen LogP contribution is -2.35. The molecular formula is C24H29F3N6O2. The molecule has 0 aliphatic rings. The normalized spacial score (nSPS) is 12.5. The Kier molecular flexibility index (Phi) is 8.31. The van der Waals surface area contributed by atoms with Crippen LogP contribution in [0.2, 0.25) is 0 Å². The number of amides is 2. The number of alkyl halides is 3. The highest BCUT2D eigenvalue weighted by Crippen LogP contribution is 2.31. The number of aromatic amines is 1. The fourth-order valence-electron chi connectivity index (χ4n) is 3.61. The van der Waals surface area contributed by atoms with Crippen LogP contribution >= 0.6 is 0 Å². The number of anilines is 2. The maximum absolute atomic E-state index is 12.6. The third-order valence-corrected chi connectivity index (χ3v) is 5.36. The van der Waals surface area contributed by atoms with Crippen LogP contribution in [0.1, 0.15) is 40.0 Å². The van der Waals surface area contributed by atoms with Gasteiger partial charge >= 0.3 is 12.2 Å². The second-order valence-corrected chi connectivity index (χ2v) is 8.61. The van der Waals surface area contributed by atoms with E-state index < -0.39 is 30.8 Å². The van der Waals surface area contributed by atoms with Gasteiger partial charge in [-0.05, 0) is 24.5 Å². The number of H-pyrrole nitrogens is 1. The van der Waals surface area contributed by atoms with Crippen molar-refractivity contribution in [2.75, 3.05) is 17.2 Å². The first-order valence-electron chi connectivity index (χ1n) is 11.4. The molecule has 3 heterocycles. The van der Waals surface area contributed by atoms with E-state index in [0.717, 1.165) is 17.4 Å². The van der Waals surface area contributed by atoms with Crippen molar-refractivity contribution in [2.45, 2.75) is 52.3 Å². The fourth-order valence-corrected chi connectivity index (χ4v) is 3.61. The van der Waals surface area contributed by atoms with E-state index in [0.29, 0.717) is 29.1 Å². The topological polar surface area (TPSA) is 112 Å². The van der Waals surface area contributed by atoms with Gasteiger partial charge in [0.25, 0.3) is 0 Å². The molecule has 0 radical (unpaired) electrons. The summed E-state index contributed by atoms with van der Waals surface area (Å²) in [7, 11) is 0. The van der Waals surface area contributed by atoms with Crippen LogP contribution in [0.3, 0.4) is 0 Å². The highest BCUT2D eigenvalue weighted by Gasteiger charge is 2.31. The van der Waals surface area contributed by atoms with Gasteiger partial charge in [-0.3, -0.25) is 9.78 Å². The summed E-state index contributed by atoms with van der Waals surface area (Å²) in [5.41, 5.74) is 3.12. The molecule has 0 aromatic carbocycles. The first kappa shape index (κ1) is 26.0. The number of urea groups is 1. The minimum Gasteiger partial charge on any atom is -0.374 e. The van der Waals surface area contributed by atoms with E-state index >= 15 is 0 Å². The summed E-state index contributed by atoms with van der Waals surface area (Å²) in [5.74, 6) is -0.722. The Bertz CT molecular complexity index is 1180. The second kappa shape index (κ2) is 11.2. The van der Waals surface area contributed by atoms with Gasteiger partial charge in [-0.1, -0.05) is 20.8 Å². The quantitative estimate of drug-likeness (QED) is 0.300. The van der Waals surface area contributed by atoms with Gasteiger partial charge < -0.3 is 20.9 Å². The van der Waals surface area contributed by atoms with Crippen LogP contribution in [0.4, 0.5) is 29.3 Å². The SMILES string of the molecule is CCCNC(=O)Nc1cnc2[nH]cc(-c3cncc(NC(C(=O)CCC(F)(F)F)C(C)C)c3)c2c1. The first-order valence-corrected chi connectivity index (χ1v) is 11.4. The lowest BCUT2D eigenvalue weighted by Gasteiger charge is -2.22. The molecule has 0 spiro atoms. The molecule has 1 unspecified atom stereocenters. The average molecular weight is 491 g/mol. The van der Waals surface area contributed by atoms with E-state index in [1.807, 2.05) is 6.92 Å². The maximum Gasteiger partial charge on any atom is 0.389 e. The molecule has 0 fully saturated rings. The third kappa shape index (κ3) is 7.17. The standard InChI is InChI=1S/C24H29F3N6O2/c1-4-7-29-23(35)33-17-9-18-19(13-31-22(18)30-12-17)15-8-16(11-28-10-15)32-21(14(2)3)20(34)5-6-24(25,26)27/h8-14,21,32H,4-7H2,1-3H3,(H,30,31)(H2,29,33,35). The largest absolute Gasteiger partial charge is 0.389 e. The van der Waals surface area contributed by atoms with Gasteiger partial charge in [0, 0.05) is 48.1 Å². The fraction of sp³-hybridized carbons (Fsp3) is 0.417. The lowest BCUT2D eigenvalue weighted by molar-refractivity contribution is -0.143. The molecule has 0 saturated heterocycles. The third-order valence-electron chi connectivity index (χ3n) is 5.36. The minimum absolute atomic E-state index is 0.218. The zero-order chi connectivity index (χ0) is 25.6. The van der Waals surface area contributed by atoms with Crippen LogP contribution in [-0.2, 0) is 4.79 Å². The monoisotopic (exact) mass is 490 g/mol. The van der Waals surface area contributed by atoms with Gasteiger partial charge in [0.05, 0.1) is 30.0 Å². The number of ketones is 1. The zero-order valence-electron chi connectivity index (χ0n) is 19.8. The molecule has 0 aliphatic heterocycles. The molecule has 11 heteroatoms. The van der Waals surface area contributed by atoms with Crippen LogP contribution in [-0.4, -0.2) is 45.5 Å². The molecule has 35 heavy (non-hydrogen) atoms. The summed E-state index contributed by atoms with van der Waals surface area (Å²) >= 11 is 0. The van der Waals surface area contributed by atoms with Crippen LogP contribution in [0.15, 0.2) is 36.9 Å². The van der Waals surface area contributed by atoms with Crippen molar-refractivity contribution < 1.29 is 22.8 Å². The summed E-state index contributed by atoms with van der Waals surface area (Å²) < 4.78 is 37.7. The number of aromatic nitrogens is 3. The van der Waals surface area contributed by atoms with E-state index in [-0.39, 0.29) is 11.9 Å². The molecule has 0 bridgehead atoms. The molecule has 3 rings (SSSR count). The minimum atomic E-state index is -4.38. The predicted octanol–water partition coefficient (Wildman–Crippen LogP) is 5.50. The van der Waals surface area contributed by atoms with Gasteiger partial charge in [-0.2, -0.15) is 13.2 Å². The molecule has 0 saturated carbocycles. The van der Waals surface area contributed by atoms with Crippen molar-refractivity contribution in [3.63, 3.8) is 0 Å². The van der Waals surface area contributed by atoms with Gasteiger partial charge in [0.2, 0.25) is 0 Å². The average Bonchev–Trinajstić information content (AvgIpc) is 3.22. The molecular weight excluding hydrogens is 461 g/mol. The molecule has 3 aromatic rings. The lowest BCUT2D eigenvalue weighted by atomic mass is 9.96. The van der Waals surface area contributed by atoms with Crippen LogP contribution in [0.5, 0.6) is 0 Å². The Morgan fingerprint density at radius 3 is 2.57 bits per heavy atom. The number of carbonyl (C=O) groups excluding carboxylic acids is 2. The highest BCUT2D eigenvalue weighted by molar-refractivity contribution is 5.98. The summed E-state index contributed by atoms with van der Waals surface area (Å²) in [6.45, 7) is 6.06. The van der Waals surface area contributed by atoms with Crippen molar-refractivity contribution in [2.24, 2.45) is 5.92 Å². The Hall–Kier alpha value is -3.63. The van der Waals surface area contributed by atoms with E-state index in [1.165, 1.54) is 6.20 Å². The van der Waals surface area contributed by atoms with Crippen molar-refractivity contribution in [1.29, 1.82) is 0 Å². The number of halogens is 3. The van der Waals surface area contributed by atoms with Gasteiger partial charge in [0.15, 0.2) is 5.78 Å². The Morgan fingerprint density at radius 2 is 1.89 bits per heavy atom. The van der Waals surface area contributed by atoms with Crippen molar-refractivity contribution in [1.82, 2.24) is 20.3 Å². The zero-order valence-corrected chi connectivity index (χ0v) is 19.8. The first-order chi connectivity index (χ1) is 16.6. The van der Waals surface area contributed by atoms with E-state index in [2.05, 4.69) is 30.9 Å². The van der Waals surface area contributed by atoms with Gasteiger partial charge in [-0.15, -0.1) is 0 Å². The van der Waals surface area contributed by atoms with Crippen molar-refractivity contribution in [3.05, 3.63) is 36.9 Å². The molecule has 188 valence electrons. The molecule has 3 aromatic heterocycles. The molecule has 2 amide bonds. The smallest absolute Gasteiger partial charge is 0.374 e. The number of hydrogen-bond acceptors (Lipinski definition) is 5. The van der Waals surface area contributed by atoms with Crippen LogP contribution < -0.4 is 16.0 Å². The molecule has 8 nitrogen and oxygen atoms in total. The predicted molar refractivity (Wildman–Crippen MR) is 129 cm³/mol. The van der Waals surface area contributed by atoms with Crippen molar-refractivity contribution >= 4 is 34.2 Å². The Morgan fingerprint density at radius 1 is 1.11 bits per heavy atom. The van der Waals surface area contributed by atoms with Crippen LogP contribution in [0.25, 0.3) is 22.2 Å². The summed E-state index contributed by atoms with van der Waals surface area (Å²) in [4.78, 5) is 36.1. The summed E-state index contributed by atoms with van der Waals surface area (Å²) in [5, 5.41) is 9.29. The molecule has 1 atom stereocenters. The van der Waals surface area contributed by atoms with Gasteiger partial charge in [0.1, 0.15) is 5.65 Å². The number of nitrogens with one attached hydrogen (secondary N) is 4. The number of nitrogens with zero attached hydrogens (tertiary/aromatic N) is 2. The Balaban J connectivity index is 1.82. The number of pyridine rings is 2. The number of carbonyl (C=O) groups is 2.